The lowest BCUT2D eigenvalue weighted by Crippen LogP contribution is -2.30. The first-order valence-electron chi connectivity index (χ1n) is 8.49. The number of alkyl halides is 3. The highest BCUT2D eigenvalue weighted by Gasteiger charge is 2.34. The van der Waals surface area contributed by atoms with Crippen LogP contribution in [0.2, 0.25) is 5.02 Å². The van der Waals surface area contributed by atoms with Gasteiger partial charge in [0, 0.05) is 29.7 Å². The molecule has 4 nitrogen and oxygen atoms in total. The fourth-order valence-corrected chi connectivity index (χ4v) is 3.22. The number of benzene rings is 2. The van der Waals surface area contributed by atoms with Crippen LogP contribution >= 0.6 is 11.6 Å². The molecule has 1 heterocycles. The Balaban J connectivity index is 2.05. The van der Waals surface area contributed by atoms with Gasteiger partial charge in [-0.05, 0) is 30.7 Å². The largest absolute Gasteiger partial charge is 0.418 e. The van der Waals surface area contributed by atoms with Crippen LogP contribution in [-0.4, -0.2) is 10.5 Å². The average Bonchev–Trinajstić information content (AvgIpc) is 2.66. The number of aryl methyl sites for hydroxylation is 1. The third-order valence-electron chi connectivity index (χ3n) is 4.39. The summed E-state index contributed by atoms with van der Waals surface area (Å²) in [4.78, 5) is 25.3. The molecule has 0 bridgehead atoms. The topological polar surface area (TPSA) is 51.1 Å². The van der Waals surface area contributed by atoms with E-state index in [9.17, 15) is 22.8 Å². The summed E-state index contributed by atoms with van der Waals surface area (Å²) in [6.07, 6.45) is -3.45. The number of aromatic nitrogens is 1. The Bertz CT molecular complexity index is 1110. The lowest BCUT2D eigenvalue weighted by molar-refractivity contribution is -0.136. The van der Waals surface area contributed by atoms with Gasteiger partial charge in [0.2, 0.25) is 5.43 Å². The van der Waals surface area contributed by atoms with Crippen molar-refractivity contribution >= 4 is 28.4 Å². The first-order chi connectivity index (χ1) is 13.2. The summed E-state index contributed by atoms with van der Waals surface area (Å²) in [7, 11) is 0. The number of carbonyl (C=O) groups is 1. The molecule has 0 fully saturated rings. The summed E-state index contributed by atoms with van der Waals surface area (Å²) in [5, 5.41) is 2.91. The molecule has 1 amide bonds. The van der Waals surface area contributed by atoms with Crippen LogP contribution in [0, 0.1) is 0 Å². The zero-order chi connectivity index (χ0) is 20.5. The molecule has 146 valence electrons. The Morgan fingerprint density at radius 1 is 1.14 bits per heavy atom. The molecule has 0 aliphatic rings. The van der Waals surface area contributed by atoms with Crippen molar-refractivity contribution in [3.63, 3.8) is 0 Å². The van der Waals surface area contributed by atoms with Crippen LogP contribution in [0.4, 0.5) is 13.2 Å². The van der Waals surface area contributed by atoms with E-state index in [1.807, 2.05) is 0 Å². The fraction of sp³-hybridized carbons (Fsp3) is 0.200. The van der Waals surface area contributed by atoms with Crippen LogP contribution in [0.5, 0.6) is 0 Å². The minimum atomic E-state index is -4.61. The maximum absolute atomic E-state index is 13.4. The second kappa shape index (κ2) is 7.67. The average molecular weight is 409 g/mol. The number of nitrogens with one attached hydrogen (secondary N) is 1. The van der Waals surface area contributed by atoms with E-state index in [0.29, 0.717) is 10.6 Å². The van der Waals surface area contributed by atoms with Crippen LogP contribution in [0.15, 0.2) is 53.5 Å². The van der Waals surface area contributed by atoms with E-state index in [0.717, 1.165) is 12.1 Å². The molecule has 1 aromatic heterocycles. The number of carbonyl (C=O) groups excluding carboxylic acids is 1. The van der Waals surface area contributed by atoms with Crippen molar-refractivity contribution in [1.29, 1.82) is 0 Å². The van der Waals surface area contributed by atoms with Crippen LogP contribution < -0.4 is 10.7 Å². The number of halogens is 4. The zero-order valence-corrected chi connectivity index (χ0v) is 15.6. The molecule has 0 saturated carbocycles. The monoisotopic (exact) mass is 408 g/mol. The molecule has 28 heavy (non-hydrogen) atoms. The quantitative estimate of drug-likeness (QED) is 0.684. The van der Waals surface area contributed by atoms with Crippen LogP contribution in [-0.2, 0) is 19.3 Å². The molecule has 0 saturated heterocycles. The summed E-state index contributed by atoms with van der Waals surface area (Å²) >= 11 is 6.05. The molecule has 3 aromatic rings. The fourth-order valence-electron chi connectivity index (χ4n) is 3.01. The van der Waals surface area contributed by atoms with Crippen molar-refractivity contribution in [2.24, 2.45) is 0 Å². The van der Waals surface area contributed by atoms with Gasteiger partial charge < -0.3 is 9.88 Å². The number of amides is 1. The second-order valence-electron chi connectivity index (χ2n) is 6.13. The molecule has 1 N–H and O–H groups in total. The molecular formula is C20H16ClF3N2O2. The number of rotatable bonds is 4. The van der Waals surface area contributed by atoms with Gasteiger partial charge in [0.25, 0.3) is 5.91 Å². The van der Waals surface area contributed by atoms with E-state index in [4.69, 9.17) is 11.6 Å². The van der Waals surface area contributed by atoms with Crippen LogP contribution in [0.1, 0.15) is 28.4 Å². The first-order valence-corrected chi connectivity index (χ1v) is 8.86. The molecule has 0 atom stereocenters. The maximum Gasteiger partial charge on any atom is 0.418 e. The minimum Gasteiger partial charge on any atom is -0.348 e. The highest BCUT2D eigenvalue weighted by Crippen LogP contribution is 2.34. The van der Waals surface area contributed by atoms with E-state index in [1.165, 1.54) is 16.8 Å². The molecule has 0 radical (unpaired) electrons. The Morgan fingerprint density at radius 3 is 2.50 bits per heavy atom. The molecule has 0 aliphatic carbocycles. The number of nitrogens with zero attached hydrogens (tertiary/aromatic N) is 1. The predicted molar refractivity (Wildman–Crippen MR) is 102 cm³/mol. The highest BCUT2D eigenvalue weighted by atomic mass is 35.5. The SMILES string of the molecule is CCn1cc(C(=O)NCc2ccccc2Cl)c(=O)c2cccc(C(F)(F)F)c21. The van der Waals surface area contributed by atoms with Gasteiger partial charge in [-0.25, -0.2) is 0 Å². The van der Waals surface area contributed by atoms with Gasteiger partial charge in [0.05, 0.1) is 11.1 Å². The molecule has 2 aromatic carbocycles. The van der Waals surface area contributed by atoms with Gasteiger partial charge in [-0.2, -0.15) is 13.2 Å². The Kier molecular flexibility index (Phi) is 5.47. The number of pyridine rings is 1. The van der Waals surface area contributed by atoms with Gasteiger partial charge in [-0.1, -0.05) is 35.9 Å². The smallest absolute Gasteiger partial charge is 0.348 e. The van der Waals surface area contributed by atoms with Crippen LogP contribution in [0.25, 0.3) is 10.9 Å². The predicted octanol–water partition coefficient (Wildman–Crippen LogP) is 4.62. The maximum atomic E-state index is 13.4. The van der Waals surface area contributed by atoms with Crippen molar-refractivity contribution in [2.45, 2.75) is 26.2 Å². The van der Waals surface area contributed by atoms with Crippen molar-refractivity contribution in [3.05, 3.63) is 80.6 Å². The summed E-state index contributed by atoms with van der Waals surface area (Å²) in [5.74, 6) is -0.675. The van der Waals surface area contributed by atoms with Crippen molar-refractivity contribution in [3.8, 4) is 0 Å². The van der Waals surface area contributed by atoms with E-state index in [1.54, 1.807) is 31.2 Å². The Labute approximate surface area is 163 Å². The van der Waals surface area contributed by atoms with Gasteiger partial charge in [-0.3, -0.25) is 9.59 Å². The van der Waals surface area contributed by atoms with Gasteiger partial charge in [0.1, 0.15) is 5.56 Å². The number of hydrogen-bond donors (Lipinski definition) is 1. The molecule has 0 spiro atoms. The highest BCUT2D eigenvalue weighted by molar-refractivity contribution is 6.31. The van der Waals surface area contributed by atoms with E-state index in [2.05, 4.69) is 5.32 Å². The molecule has 8 heteroatoms. The second-order valence-corrected chi connectivity index (χ2v) is 6.54. The van der Waals surface area contributed by atoms with Crippen molar-refractivity contribution in [1.82, 2.24) is 9.88 Å². The molecular weight excluding hydrogens is 393 g/mol. The van der Waals surface area contributed by atoms with E-state index < -0.39 is 23.1 Å². The Morgan fingerprint density at radius 2 is 1.86 bits per heavy atom. The summed E-state index contributed by atoms with van der Waals surface area (Å²) in [5.41, 5.74) is -1.45. The summed E-state index contributed by atoms with van der Waals surface area (Å²) < 4.78 is 41.4. The summed E-state index contributed by atoms with van der Waals surface area (Å²) in [6.45, 7) is 1.89. The Hall–Kier alpha value is -2.80. The van der Waals surface area contributed by atoms with E-state index in [-0.39, 0.29) is 29.6 Å². The summed E-state index contributed by atoms with van der Waals surface area (Å²) in [6, 6.07) is 10.3. The minimum absolute atomic E-state index is 0.0880. The number of para-hydroxylation sites is 1. The van der Waals surface area contributed by atoms with Crippen molar-refractivity contribution in [2.75, 3.05) is 0 Å². The molecule has 0 aliphatic heterocycles. The lowest BCUT2D eigenvalue weighted by atomic mass is 10.1. The third-order valence-corrected chi connectivity index (χ3v) is 4.75. The number of fused-ring (bicyclic) bond motifs is 1. The zero-order valence-electron chi connectivity index (χ0n) is 14.8. The van der Waals surface area contributed by atoms with Gasteiger partial charge in [-0.15, -0.1) is 0 Å². The third kappa shape index (κ3) is 3.75. The van der Waals surface area contributed by atoms with Crippen LogP contribution in [0.3, 0.4) is 0 Å². The lowest BCUT2D eigenvalue weighted by Gasteiger charge is -2.16. The van der Waals surface area contributed by atoms with Gasteiger partial charge >= 0.3 is 6.18 Å². The molecule has 0 unspecified atom stereocenters. The van der Waals surface area contributed by atoms with E-state index >= 15 is 0 Å². The van der Waals surface area contributed by atoms with Gasteiger partial charge in [0.15, 0.2) is 0 Å². The number of hydrogen-bond acceptors (Lipinski definition) is 2. The standard InChI is InChI=1S/C20H16ClF3N2O2/c1-2-26-11-14(19(28)25-10-12-6-3-4-9-16(12)21)18(27)13-7-5-8-15(17(13)26)20(22,23)24/h3-9,11H,2,10H2,1H3,(H,25,28). The first kappa shape index (κ1) is 19.9. The molecule has 3 rings (SSSR count). The normalized spacial score (nSPS) is 11.6. The van der Waals surface area contributed by atoms with Crippen molar-refractivity contribution < 1.29 is 18.0 Å².